The standard InChI is InChI=1S/C10H14N2O2/c1-8(12(2)11-14)10(13)9-6-4-3-5-7-9/h3-8,10,13H,1-2H3/t8-,10-/m0/s1/i3+1,4+1,5+1,6+1,7+1,9+1. The van der Waals surface area contributed by atoms with Crippen LogP contribution >= 0.6 is 0 Å². The van der Waals surface area contributed by atoms with Crippen molar-refractivity contribution in [2.45, 2.75) is 19.1 Å². The van der Waals surface area contributed by atoms with Crippen molar-refractivity contribution in [1.29, 1.82) is 0 Å². The van der Waals surface area contributed by atoms with E-state index in [0.717, 1.165) is 5.56 Å². The monoisotopic (exact) mass is 200 g/mol. The van der Waals surface area contributed by atoms with Gasteiger partial charge in [0.15, 0.2) is 0 Å². The number of nitroso groups, excluding NO2 is 1. The van der Waals surface area contributed by atoms with Crippen molar-refractivity contribution in [3.8, 4) is 0 Å². The van der Waals surface area contributed by atoms with Crippen LogP contribution in [0.25, 0.3) is 0 Å². The summed E-state index contributed by atoms with van der Waals surface area (Å²) in [6, 6.07) is 8.89. The number of hydrogen-bond acceptors (Lipinski definition) is 3. The van der Waals surface area contributed by atoms with Gasteiger partial charge in [0, 0.05) is 7.05 Å². The van der Waals surface area contributed by atoms with Gasteiger partial charge in [0.2, 0.25) is 0 Å². The van der Waals surface area contributed by atoms with Crippen molar-refractivity contribution in [3.63, 3.8) is 0 Å². The molecule has 0 aromatic heterocycles. The summed E-state index contributed by atoms with van der Waals surface area (Å²) in [5, 5.41) is 13.8. The van der Waals surface area contributed by atoms with Gasteiger partial charge < -0.3 is 5.11 Å². The Morgan fingerprint density at radius 1 is 1.36 bits per heavy atom. The van der Waals surface area contributed by atoms with Gasteiger partial charge in [-0.25, -0.2) is 0 Å². The molecule has 0 radical (unpaired) electrons. The summed E-state index contributed by atoms with van der Waals surface area (Å²) in [4.78, 5) is 10.2. The fourth-order valence-electron chi connectivity index (χ4n) is 1.21. The first-order valence-corrected chi connectivity index (χ1v) is 4.46. The van der Waals surface area contributed by atoms with E-state index in [0.29, 0.717) is 0 Å². The number of aliphatic hydroxyl groups excluding tert-OH is 1. The average Bonchev–Trinajstić information content (AvgIpc) is 2.27. The molecule has 0 bridgehead atoms. The van der Waals surface area contributed by atoms with Crippen molar-refractivity contribution in [3.05, 3.63) is 40.8 Å². The van der Waals surface area contributed by atoms with E-state index in [4.69, 9.17) is 0 Å². The molecule has 2 atom stereocenters. The third-order valence-electron chi connectivity index (χ3n) is 2.32. The maximum absolute atomic E-state index is 10.2. The smallest absolute Gasteiger partial charge is 0.101 e. The van der Waals surface area contributed by atoms with Crippen LogP contribution in [0.2, 0.25) is 0 Å². The first-order chi connectivity index (χ1) is 6.66. The Balaban J connectivity index is 2.75. The molecule has 4 nitrogen and oxygen atoms in total. The van der Waals surface area contributed by atoms with Gasteiger partial charge in [-0.05, 0) is 12.5 Å². The van der Waals surface area contributed by atoms with Gasteiger partial charge in [-0.2, -0.15) is 0 Å². The van der Waals surface area contributed by atoms with E-state index in [1.807, 2.05) is 30.3 Å². The minimum absolute atomic E-state index is 0.324. The van der Waals surface area contributed by atoms with Gasteiger partial charge >= 0.3 is 0 Å². The lowest BCUT2D eigenvalue weighted by Crippen LogP contribution is -2.29. The maximum Gasteiger partial charge on any atom is 0.101 e. The highest BCUT2D eigenvalue weighted by atomic mass is 16.3. The molecule has 0 aliphatic rings. The van der Waals surface area contributed by atoms with Gasteiger partial charge in [-0.1, -0.05) is 30.3 Å². The van der Waals surface area contributed by atoms with Crippen LogP contribution in [0.3, 0.4) is 0 Å². The molecule has 0 fully saturated rings. The molecule has 4 heteroatoms. The second kappa shape index (κ2) is 4.72. The van der Waals surface area contributed by atoms with Crippen LogP contribution < -0.4 is 0 Å². The molecule has 0 amide bonds. The Morgan fingerprint density at radius 3 is 2.43 bits per heavy atom. The van der Waals surface area contributed by atoms with Crippen LogP contribution in [0, 0.1) is 4.91 Å². The lowest BCUT2D eigenvalue weighted by Gasteiger charge is -2.23. The molecular formula is C10H14N2O2. The highest BCUT2D eigenvalue weighted by Gasteiger charge is 2.19. The Bertz CT molecular complexity index is 289. The largest absolute Gasteiger partial charge is 0.386 e. The van der Waals surface area contributed by atoms with E-state index >= 15 is 0 Å². The molecule has 0 spiro atoms. The predicted octanol–water partition coefficient (Wildman–Crippen LogP) is 1.72. The van der Waals surface area contributed by atoms with E-state index in [-0.39, 0.29) is 6.04 Å². The zero-order valence-corrected chi connectivity index (χ0v) is 8.29. The number of hydrogen-bond donors (Lipinski definition) is 1. The Labute approximate surface area is 83.1 Å². The lowest BCUT2D eigenvalue weighted by molar-refractivity contribution is 0.0733. The van der Waals surface area contributed by atoms with E-state index in [2.05, 4.69) is 5.29 Å². The summed E-state index contributed by atoms with van der Waals surface area (Å²) in [6.45, 7) is 1.75. The van der Waals surface area contributed by atoms with E-state index < -0.39 is 6.10 Å². The summed E-state index contributed by atoms with van der Waals surface area (Å²) in [5.41, 5.74) is 0.788. The lowest BCUT2D eigenvalue weighted by atomic mass is 10.2. The Kier molecular flexibility index (Phi) is 3.59. The predicted molar refractivity (Wildman–Crippen MR) is 54.4 cm³/mol. The molecule has 1 aromatic carbocycles. The Hall–Kier alpha value is -1.42. The second-order valence-electron chi connectivity index (χ2n) is 3.25. The van der Waals surface area contributed by atoms with Crippen molar-refractivity contribution in [2.75, 3.05) is 7.05 Å². The Morgan fingerprint density at radius 2 is 1.93 bits per heavy atom. The molecule has 0 unspecified atom stereocenters. The van der Waals surface area contributed by atoms with Crippen LogP contribution in [-0.2, 0) is 0 Å². The minimum Gasteiger partial charge on any atom is -0.386 e. The van der Waals surface area contributed by atoms with E-state index in [9.17, 15) is 10.0 Å². The summed E-state index contributed by atoms with van der Waals surface area (Å²) >= 11 is 0. The molecule has 76 valence electrons. The SMILES string of the molecule is C[C@@H]([C@H](O)[13c]1[13cH][13cH][13cH][13cH][13cH]1)N(C)N=O. The molecule has 1 aromatic rings. The van der Waals surface area contributed by atoms with Gasteiger partial charge in [0.25, 0.3) is 0 Å². The van der Waals surface area contributed by atoms with Crippen LogP contribution in [0.4, 0.5) is 0 Å². The van der Waals surface area contributed by atoms with Crippen molar-refractivity contribution < 1.29 is 5.11 Å². The molecule has 0 saturated heterocycles. The van der Waals surface area contributed by atoms with E-state index in [1.165, 1.54) is 5.01 Å². The average molecular weight is 200 g/mol. The second-order valence-corrected chi connectivity index (χ2v) is 3.25. The number of rotatable bonds is 4. The zero-order chi connectivity index (χ0) is 10.6. The topological polar surface area (TPSA) is 52.9 Å². The highest BCUT2D eigenvalue weighted by Crippen LogP contribution is 2.19. The van der Waals surface area contributed by atoms with Gasteiger partial charge in [-0.3, -0.25) is 5.01 Å². The normalized spacial score (nSPS) is 14.5. The van der Waals surface area contributed by atoms with Crippen LogP contribution in [0.1, 0.15) is 18.6 Å². The molecular weight excluding hydrogens is 186 g/mol. The maximum atomic E-state index is 10.2. The molecule has 0 aliphatic carbocycles. The third kappa shape index (κ3) is 2.29. The third-order valence-corrected chi connectivity index (χ3v) is 2.32. The number of aliphatic hydroxyl groups is 1. The summed E-state index contributed by atoms with van der Waals surface area (Å²) < 4.78 is 0. The van der Waals surface area contributed by atoms with Crippen LogP contribution in [0.15, 0.2) is 35.6 Å². The van der Waals surface area contributed by atoms with Gasteiger partial charge in [-0.15, -0.1) is 4.91 Å². The molecule has 0 heterocycles. The zero-order valence-electron chi connectivity index (χ0n) is 8.29. The highest BCUT2D eigenvalue weighted by molar-refractivity contribution is 5.18. The number of benzene rings is 1. The van der Waals surface area contributed by atoms with Crippen molar-refractivity contribution in [1.82, 2.24) is 5.01 Å². The fraction of sp³-hybridized carbons (Fsp3) is 0.400. The first kappa shape index (κ1) is 10.7. The minimum atomic E-state index is -0.695. The summed E-state index contributed by atoms with van der Waals surface area (Å²) in [6.07, 6.45) is -0.695. The van der Waals surface area contributed by atoms with Crippen molar-refractivity contribution in [2.24, 2.45) is 5.29 Å². The first-order valence-electron chi connectivity index (χ1n) is 4.46. The summed E-state index contributed by atoms with van der Waals surface area (Å²) in [5.74, 6) is 0. The van der Waals surface area contributed by atoms with Crippen LogP contribution in [0.5, 0.6) is 0 Å². The molecule has 1 N–H and O–H groups in total. The molecule has 0 aliphatic heterocycles. The summed E-state index contributed by atoms with van der Waals surface area (Å²) in [7, 11) is 1.55. The molecule has 1 rings (SSSR count). The van der Waals surface area contributed by atoms with Crippen molar-refractivity contribution >= 4 is 0 Å². The molecule has 0 saturated carbocycles. The fourth-order valence-corrected chi connectivity index (χ4v) is 1.21. The van der Waals surface area contributed by atoms with Gasteiger partial charge in [0.05, 0.1) is 11.3 Å². The molecule has 14 heavy (non-hydrogen) atoms. The van der Waals surface area contributed by atoms with Gasteiger partial charge in [0.1, 0.15) is 6.10 Å². The number of nitrogens with zero attached hydrogens (tertiary/aromatic N) is 2. The number of likely N-dealkylation sites (N-methyl/N-ethyl adjacent to an activating group) is 1. The van der Waals surface area contributed by atoms with Crippen LogP contribution in [-0.4, -0.2) is 23.2 Å². The van der Waals surface area contributed by atoms with E-state index in [1.54, 1.807) is 14.0 Å². The quantitative estimate of drug-likeness (QED) is 0.594.